The predicted octanol–water partition coefficient (Wildman–Crippen LogP) is 1.46. The van der Waals surface area contributed by atoms with Gasteiger partial charge in [0.05, 0.1) is 11.1 Å². The first kappa shape index (κ1) is 16.5. The highest BCUT2D eigenvalue weighted by atomic mass is 35.5. The maximum absolute atomic E-state index is 11.9. The fraction of sp³-hybridized carbons (Fsp3) is 0.583. The Balaban J connectivity index is 0.00000200. The third-order valence-electron chi connectivity index (χ3n) is 3.48. The molecular formula is C12H19ClN4O3. The maximum Gasteiger partial charge on any atom is 0.287 e. The van der Waals surface area contributed by atoms with E-state index in [1.54, 1.807) is 0 Å². The van der Waals surface area contributed by atoms with E-state index in [-0.39, 0.29) is 35.1 Å². The standard InChI is InChI=1S/C12H18N4O3.ClH/c1-12(3-2-4-13-7-12)8-15-11(17)10-5-9(6-14-10)16(18)19;/h5-6,13-14H,2-4,7-8H2,1H3,(H,15,17);1H. The van der Waals surface area contributed by atoms with Crippen molar-refractivity contribution >= 4 is 24.0 Å². The van der Waals surface area contributed by atoms with E-state index < -0.39 is 4.92 Å². The van der Waals surface area contributed by atoms with E-state index in [1.807, 2.05) is 0 Å². The molecule has 7 nitrogen and oxygen atoms in total. The molecule has 1 fully saturated rings. The molecule has 112 valence electrons. The minimum atomic E-state index is -0.528. The van der Waals surface area contributed by atoms with Crippen molar-refractivity contribution < 1.29 is 9.72 Å². The van der Waals surface area contributed by atoms with Crippen molar-refractivity contribution in [3.63, 3.8) is 0 Å². The second-order valence-corrected chi connectivity index (χ2v) is 5.30. The summed E-state index contributed by atoms with van der Waals surface area (Å²) in [6.07, 6.45) is 3.38. The number of halogens is 1. The second kappa shape index (κ2) is 6.71. The molecule has 1 aliphatic heterocycles. The van der Waals surface area contributed by atoms with E-state index in [4.69, 9.17) is 0 Å². The molecule has 1 aliphatic rings. The lowest BCUT2D eigenvalue weighted by Gasteiger charge is -2.34. The van der Waals surface area contributed by atoms with Crippen LogP contribution in [0.2, 0.25) is 0 Å². The van der Waals surface area contributed by atoms with Gasteiger partial charge in [-0.1, -0.05) is 6.92 Å². The number of piperidine rings is 1. The summed E-state index contributed by atoms with van der Waals surface area (Å²) in [6, 6.07) is 1.25. The Morgan fingerprint density at radius 3 is 2.90 bits per heavy atom. The van der Waals surface area contributed by atoms with Gasteiger partial charge in [0.2, 0.25) is 0 Å². The quantitative estimate of drug-likeness (QED) is 0.579. The fourth-order valence-corrected chi connectivity index (χ4v) is 2.28. The highest BCUT2D eigenvalue weighted by molar-refractivity contribution is 5.93. The lowest BCUT2D eigenvalue weighted by atomic mass is 9.83. The number of hydrogen-bond acceptors (Lipinski definition) is 4. The summed E-state index contributed by atoms with van der Waals surface area (Å²) in [7, 11) is 0. The summed E-state index contributed by atoms with van der Waals surface area (Å²) in [5.41, 5.74) is 0.168. The molecule has 20 heavy (non-hydrogen) atoms. The first-order valence-corrected chi connectivity index (χ1v) is 6.32. The van der Waals surface area contributed by atoms with Crippen LogP contribution in [0.25, 0.3) is 0 Å². The number of H-pyrrole nitrogens is 1. The van der Waals surface area contributed by atoms with Crippen molar-refractivity contribution in [2.24, 2.45) is 5.41 Å². The third kappa shape index (κ3) is 3.94. The van der Waals surface area contributed by atoms with Crippen molar-refractivity contribution in [2.75, 3.05) is 19.6 Å². The van der Waals surface area contributed by atoms with Gasteiger partial charge in [0, 0.05) is 19.2 Å². The largest absolute Gasteiger partial charge is 0.351 e. The van der Waals surface area contributed by atoms with Crippen molar-refractivity contribution in [2.45, 2.75) is 19.8 Å². The lowest BCUT2D eigenvalue weighted by molar-refractivity contribution is -0.384. The van der Waals surface area contributed by atoms with Crippen LogP contribution < -0.4 is 10.6 Å². The minimum absolute atomic E-state index is 0. The molecule has 1 amide bonds. The molecule has 1 aromatic rings. The number of carbonyl (C=O) groups excluding carboxylic acids is 1. The number of aromatic nitrogens is 1. The van der Waals surface area contributed by atoms with Crippen LogP contribution in [0.1, 0.15) is 30.3 Å². The molecule has 1 saturated heterocycles. The highest BCUT2D eigenvalue weighted by Gasteiger charge is 2.27. The molecule has 0 saturated carbocycles. The molecule has 0 spiro atoms. The Hall–Kier alpha value is -1.60. The average Bonchev–Trinajstić information content (AvgIpc) is 2.87. The number of aromatic amines is 1. The molecule has 0 aliphatic carbocycles. The van der Waals surface area contributed by atoms with Crippen LogP contribution in [0.15, 0.2) is 12.3 Å². The van der Waals surface area contributed by atoms with Crippen LogP contribution in [-0.4, -0.2) is 35.4 Å². The van der Waals surface area contributed by atoms with Gasteiger partial charge in [0.15, 0.2) is 0 Å². The number of carbonyl (C=O) groups is 1. The zero-order valence-corrected chi connectivity index (χ0v) is 12.1. The molecule has 2 rings (SSSR count). The normalized spacial score (nSPS) is 21.9. The van der Waals surface area contributed by atoms with E-state index in [0.29, 0.717) is 6.54 Å². The van der Waals surface area contributed by atoms with Crippen molar-refractivity contribution in [3.05, 3.63) is 28.1 Å². The molecular weight excluding hydrogens is 284 g/mol. The van der Waals surface area contributed by atoms with Crippen LogP contribution in [0, 0.1) is 15.5 Å². The third-order valence-corrected chi connectivity index (χ3v) is 3.48. The van der Waals surface area contributed by atoms with Crippen LogP contribution in [0.3, 0.4) is 0 Å². The summed E-state index contributed by atoms with van der Waals surface area (Å²) < 4.78 is 0. The molecule has 0 bridgehead atoms. The van der Waals surface area contributed by atoms with Gasteiger partial charge in [0.1, 0.15) is 5.69 Å². The Bertz CT molecular complexity index is 483. The second-order valence-electron chi connectivity index (χ2n) is 5.30. The minimum Gasteiger partial charge on any atom is -0.351 e. The summed E-state index contributed by atoms with van der Waals surface area (Å²) in [5.74, 6) is -0.306. The van der Waals surface area contributed by atoms with E-state index in [0.717, 1.165) is 25.9 Å². The highest BCUT2D eigenvalue weighted by Crippen LogP contribution is 2.24. The van der Waals surface area contributed by atoms with Crippen LogP contribution in [-0.2, 0) is 0 Å². The van der Waals surface area contributed by atoms with E-state index in [9.17, 15) is 14.9 Å². The van der Waals surface area contributed by atoms with Gasteiger partial charge in [0.25, 0.3) is 11.6 Å². The number of nitrogens with zero attached hydrogens (tertiary/aromatic N) is 1. The Morgan fingerprint density at radius 2 is 2.35 bits per heavy atom. The van der Waals surface area contributed by atoms with Crippen molar-refractivity contribution in [1.29, 1.82) is 0 Å². The summed E-state index contributed by atoms with van der Waals surface area (Å²) in [6.45, 7) is 4.58. The molecule has 1 unspecified atom stereocenters. The van der Waals surface area contributed by atoms with E-state index in [1.165, 1.54) is 12.3 Å². The Kier molecular flexibility index (Phi) is 5.52. The average molecular weight is 303 g/mol. The van der Waals surface area contributed by atoms with Gasteiger partial charge >= 0.3 is 0 Å². The lowest BCUT2D eigenvalue weighted by Crippen LogP contribution is -2.45. The molecule has 1 aromatic heterocycles. The SMILES string of the molecule is CC1(CNC(=O)c2cc([N+](=O)[O-])c[nH]2)CCCNC1.Cl. The number of nitro groups is 1. The van der Waals surface area contributed by atoms with Gasteiger partial charge in [-0.05, 0) is 24.8 Å². The predicted molar refractivity (Wildman–Crippen MR) is 77.2 cm³/mol. The monoisotopic (exact) mass is 302 g/mol. The first-order chi connectivity index (χ1) is 9.00. The number of hydrogen-bond donors (Lipinski definition) is 3. The molecule has 2 heterocycles. The summed E-state index contributed by atoms with van der Waals surface area (Å²) in [4.78, 5) is 24.5. The van der Waals surface area contributed by atoms with Gasteiger partial charge in [-0.3, -0.25) is 14.9 Å². The zero-order chi connectivity index (χ0) is 13.9. The van der Waals surface area contributed by atoms with Crippen molar-refractivity contribution in [1.82, 2.24) is 15.6 Å². The van der Waals surface area contributed by atoms with Crippen LogP contribution >= 0.6 is 12.4 Å². The maximum atomic E-state index is 11.9. The smallest absolute Gasteiger partial charge is 0.287 e. The fourth-order valence-electron chi connectivity index (χ4n) is 2.28. The van der Waals surface area contributed by atoms with Gasteiger partial charge in [-0.2, -0.15) is 0 Å². The number of rotatable bonds is 4. The number of amides is 1. The molecule has 0 radical (unpaired) electrons. The Labute approximate surface area is 123 Å². The van der Waals surface area contributed by atoms with Gasteiger partial charge in [-0.15, -0.1) is 12.4 Å². The van der Waals surface area contributed by atoms with Crippen LogP contribution in [0.4, 0.5) is 5.69 Å². The van der Waals surface area contributed by atoms with Crippen molar-refractivity contribution in [3.8, 4) is 0 Å². The topological polar surface area (TPSA) is 100 Å². The summed E-state index contributed by atoms with van der Waals surface area (Å²) >= 11 is 0. The first-order valence-electron chi connectivity index (χ1n) is 6.32. The molecule has 8 heteroatoms. The number of nitrogens with one attached hydrogen (secondary N) is 3. The van der Waals surface area contributed by atoms with Crippen LogP contribution in [0.5, 0.6) is 0 Å². The molecule has 3 N–H and O–H groups in total. The summed E-state index contributed by atoms with van der Waals surface area (Å²) in [5, 5.41) is 16.7. The van der Waals surface area contributed by atoms with E-state index >= 15 is 0 Å². The zero-order valence-electron chi connectivity index (χ0n) is 11.3. The molecule has 1 atom stereocenters. The van der Waals surface area contributed by atoms with Gasteiger partial charge < -0.3 is 15.6 Å². The Morgan fingerprint density at radius 1 is 1.60 bits per heavy atom. The van der Waals surface area contributed by atoms with Gasteiger partial charge in [-0.25, -0.2) is 0 Å². The van der Waals surface area contributed by atoms with E-state index in [2.05, 4.69) is 22.5 Å². The molecule has 0 aromatic carbocycles.